The summed E-state index contributed by atoms with van der Waals surface area (Å²) in [4.78, 5) is 41.8. The highest BCUT2D eigenvalue weighted by molar-refractivity contribution is 6.30. The smallest absolute Gasteiger partial charge is 0.407 e. The van der Waals surface area contributed by atoms with Gasteiger partial charge in [0.1, 0.15) is 11.9 Å². The Labute approximate surface area is 214 Å². The molecule has 192 valence electrons. The molecule has 0 aliphatic rings. The highest BCUT2D eigenvalue weighted by Crippen LogP contribution is 2.17. The van der Waals surface area contributed by atoms with E-state index >= 15 is 0 Å². The second-order valence-corrected chi connectivity index (χ2v) is 9.86. The lowest BCUT2D eigenvalue weighted by atomic mass is 10.1. The summed E-state index contributed by atoms with van der Waals surface area (Å²) < 4.78 is 11.8. The molecule has 0 fully saturated rings. The Morgan fingerprint density at radius 1 is 1.14 bits per heavy atom. The van der Waals surface area contributed by atoms with Crippen molar-refractivity contribution in [3.05, 3.63) is 86.4 Å². The number of aromatic nitrogens is 2. The molecule has 0 spiro atoms. The molecule has 0 unspecified atom stereocenters. The number of rotatable bonds is 9. The van der Waals surface area contributed by atoms with Crippen molar-refractivity contribution in [1.82, 2.24) is 20.2 Å². The van der Waals surface area contributed by atoms with Crippen molar-refractivity contribution in [1.29, 1.82) is 0 Å². The van der Waals surface area contributed by atoms with Crippen LogP contribution in [0.1, 0.15) is 48.7 Å². The zero-order valence-electron chi connectivity index (χ0n) is 20.9. The van der Waals surface area contributed by atoms with Gasteiger partial charge in [-0.05, 0) is 62.6 Å². The number of halogens is 1. The molecular formula is C26H31ClN4O5. The summed E-state index contributed by atoms with van der Waals surface area (Å²) in [7, 11) is 0. The maximum Gasteiger partial charge on any atom is 0.407 e. The zero-order valence-corrected chi connectivity index (χ0v) is 21.6. The highest BCUT2D eigenvalue weighted by Gasteiger charge is 2.17. The van der Waals surface area contributed by atoms with E-state index in [4.69, 9.17) is 20.8 Å². The Balaban J connectivity index is 1.63. The molecule has 1 aromatic carbocycles. The van der Waals surface area contributed by atoms with Gasteiger partial charge in [0.15, 0.2) is 6.39 Å². The summed E-state index contributed by atoms with van der Waals surface area (Å²) in [6, 6.07) is 7.06. The van der Waals surface area contributed by atoms with Crippen LogP contribution in [0.25, 0.3) is 0 Å². The molecule has 2 aromatic heterocycles. The summed E-state index contributed by atoms with van der Waals surface area (Å²) >= 11 is 6.16. The summed E-state index contributed by atoms with van der Waals surface area (Å²) in [5.74, 6) is -0.296. The summed E-state index contributed by atoms with van der Waals surface area (Å²) in [6.07, 6.45) is 4.56. The number of ether oxygens (including phenoxy) is 1. The van der Waals surface area contributed by atoms with Crippen LogP contribution in [0.15, 0.2) is 52.3 Å². The number of amides is 2. The van der Waals surface area contributed by atoms with E-state index < -0.39 is 11.7 Å². The minimum atomic E-state index is -0.606. The van der Waals surface area contributed by atoms with E-state index in [-0.39, 0.29) is 31.0 Å². The third-order valence-corrected chi connectivity index (χ3v) is 5.63. The van der Waals surface area contributed by atoms with Gasteiger partial charge in [-0.25, -0.2) is 9.78 Å². The maximum absolute atomic E-state index is 13.0. The average molecular weight is 515 g/mol. The van der Waals surface area contributed by atoms with Gasteiger partial charge in [-0.2, -0.15) is 0 Å². The largest absolute Gasteiger partial charge is 0.451 e. The van der Waals surface area contributed by atoms with E-state index in [9.17, 15) is 14.4 Å². The van der Waals surface area contributed by atoms with Gasteiger partial charge in [0.2, 0.25) is 5.91 Å². The number of benzene rings is 1. The first kappa shape index (κ1) is 27.0. The fourth-order valence-corrected chi connectivity index (χ4v) is 3.72. The van der Waals surface area contributed by atoms with Crippen molar-refractivity contribution in [2.24, 2.45) is 0 Å². The van der Waals surface area contributed by atoms with Gasteiger partial charge in [-0.1, -0.05) is 17.7 Å². The Bertz CT molecular complexity index is 1260. The molecule has 2 amide bonds. The van der Waals surface area contributed by atoms with E-state index in [0.717, 1.165) is 22.4 Å². The Kier molecular flexibility index (Phi) is 8.93. The van der Waals surface area contributed by atoms with Crippen LogP contribution >= 0.6 is 11.6 Å². The number of aryl methyl sites for hydroxylation is 3. The van der Waals surface area contributed by atoms with Crippen LogP contribution in [0.2, 0.25) is 5.02 Å². The van der Waals surface area contributed by atoms with Gasteiger partial charge in [-0.3, -0.25) is 9.59 Å². The first-order valence-electron chi connectivity index (χ1n) is 11.6. The number of alkyl carbamates (subject to hydrolysis) is 1. The fraction of sp³-hybridized carbons (Fsp3) is 0.385. The van der Waals surface area contributed by atoms with Crippen molar-refractivity contribution in [3.8, 4) is 0 Å². The second kappa shape index (κ2) is 11.9. The van der Waals surface area contributed by atoms with Gasteiger partial charge in [0.25, 0.3) is 5.56 Å². The SMILES string of the molecule is Cc1ccn(CCc2cocn2)c(=O)c1CC(=O)NCc1cc(Cl)ccc1CNC(=O)OC(C)(C)C. The van der Waals surface area contributed by atoms with Gasteiger partial charge in [-0.15, -0.1) is 0 Å². The van der Waals surface area contributed by atoms with Crippen LogP contribution in [-0.4, -0.2) is 27.2 Å². The van der Waals surface area contributed by atoms with Crippen molar-refractivity contribution >= 4 is 23.6 Å². The minimum absolute atomic E-state index is 0.0540. The van der Waals surface area contributed by atoms with Crippen LogP contribution in [0, 0.1) is 6.92 Å². The van der Waals surface area contributed by atoms with Crippen molar-refractivity contribution in [2.45, 2.75) is 65.8 Å². The Morgan fingerprint density at radius 3 is 2.58 bits per heavy atom. The quantitative estimate of drug-likeness (QED) is 0.447. The summed E-state index contributed by atoms with van der Waals surface area (Å²) in [6.45, 7) is 8.00. The molecule has 0 radical (unpaired) electrons. The molecule has 2 heterocycles. The second-order valence-electron chi connectivity index (χ2n) is 9.43. The normalized spacial score (nSPS) is 11.2. The lowest BCUT2D eigenvalue weighted by Crippen LogP contribution is -2.33. The van der Waals surface area contributed by atoms with Crippen molar-refractivity contribution in [2.75, 3.05) is 0 Å². The molecule has 2 N–H and O–H groups in total. The standard InChI is InChI=1S/C26H31ClN4O5/c1-17-7-9-31(10-8-21-15-35-16-30-21)24(33)22(17)12-23(32)28-14-19-11-20(27)6-5-18(19)13-29-25(34)36-26(2,3)4/h5-7,9,11,15-16H,8,10,12-14H2,1-4H3,(H,28,32)(H,29,34). The number of hydrogen-bond donors (Lipinski definition) is 2. The Hall–Kier alpha value is -3.59. The van der Waals surface area contributed by atoms with Crippen LogP contribution in [0.4, 0.5) is 4.79 Å². The lowest BCUT2D eigenvalue weighted by Gasteiger charge is -2.20. The summed E-state index contributed by atoms with van der Waals surface area (Å²) in [5.41, 5.74) is 2.66. The summed E-state index contributed by atoms with van der Waals surface area (Å²) in [5, 5.41) is 6.08. The number of carbonyl (C=O) groups is 2. The molecular weight excluding hydrogens is 484 g/mol. The van der Waals surface area contributed by atoms with Crippen molar-refractivity contribution < 1.29 is 18.7 Å². The predicted molar refractivity (Wildman–Crippen MR) is 136 cm³/mol. The van der Waals surface area contributed by atoms with Crippen LogP contribution < -0.4 is 16.2 Å². The Morgan fingerprint density at radius 2 is 1.89 bits per heavy atom. The first-order chi connectivity index (χ1) is 17.0. The monoisotopic (exact) mass is 514 g/mol. The number of pyridine rings is 1. The number of carbonyl (C=O) groups excluding carboxylic acids is 2. The van der Waals surface area contributed by atoms with E-state index in [1.54, 1.807) is 56.0 Å². The van der Waals surface area contributed by atoms with Crippen LogP contribution in [0.3, 0.4) is 0 Å². The number of hydrogen-bond acceptors (Lipinski definition) is 6. The molecule has 0 saturated heterocycles. The van der Waals surface area contributed by atoms with Gasteiger partial charge in [0, 0.05) is 42.8 Å². The minimum Gasteiger partial charge on any atom is -0.451 e. The lowest BCUT2D eigenvalue weighted by molar-refractivity contribution is -0.120. The van der Waals surface area contributed by atoms with Gasteiger partial charge in [0.05, 0.1) is 12.1 Å². The molecule has 36 heavy (non-hydrogen) atoms. The average Bonchev–Trinajstić information content (AvgIpc) is 3.32. The van der Waals surface area contributed by atoms with Crippen LogP contribution in [-0.2, 0) is 42.0 Å². The third-order valence-electron chi connectivity index (χ3n) is 5.40. The molecule has 0 aliphatic carbocycles. The number of nitrogens with zero attached hydrogens (tertiary/aromatic N) is 2. The number of oxazole rings is 1. The van der Waals surface area contributed by atoms with E-state index in [0.29, 0.717) is 23.6 Å². The molecule has 3 rings (SSSR count). The molecule has 0 aliphatic heterocycles. The predicted octanol–water partition coefficient (Wildman–Crippen LogP) is 3.92. The van der Waals surface area contributed by atoms with E-state index in [1.807, 2.05) is 13.0 Å². The molecule has 3 aromatic rings. The number of nitrogens with one attached hydrogen (secondary N) is 2. The molecule has 10 heteroatoms. The molecule has 0 bridgehead atoms. The van der Waals surface area contributed by atoms with Crippen LogP contribution in [0.5, 0.6) is 0 Å². The highest BCUT2D eigenvalue weighted by atomic mass is 35.5. The topological polar surface area (TPSA) is 115 Å². The first-order valence-corrected chi connectivity index (χ1v) is 12.0. The zero-order chi connectivity index (χ0) is 26.3. The van der Waals surface area contributed by atoms with Gasteiger partial charge < -0.3 is 24.4 Å². The third kappa shape index (κ3) is 7.98. The molecule has 0 atom stereocenters. The van der Waals surface area contributed by atoms with Crippen molar-refractivity contribution in [3.63, 3.8) is 0 Å². The molecule has 9 nitrogen and oxygen atoms in total. The molecule has 0 saturated carbocycles. The van der Waals surface area contributed by atoms with E-state index in [1.165, 1.54) is 6.39 Å². The fourth-order valence-electron chi connectivity index (χ4n) is 3.53. The van der Waals surface area contributed by atoms with Gasteiger partial charge >= 0.3 is 6.09 Å². The van der Waals surface area contributed by atoms with E-state index in [2.05, 4.69) is 15.6 Å². The maximum atomic E-state index is 13.0.